The highest BCUT2D eigenvalue weighted by Gasteiger charge is 2.13. The number of pyridine rings is 1. The van der Waals surface area contributed by atoms with Gasteiger partial charge in [0.1, 0.15) is 0 Å². The van der Waals surface area contributed by atoms with Crippen LogP contribution in [0.5, 0.6) is 5.88 Å². The third-order valence-corrected chi connectivity index (χ3v) is 6.76. The van der Waals surface area contributed by atoms with Crippen molar-refractivity contribution < 1.29 is 17.9 Å². The molecule has 6 nitrogen and oxygen atoms in total. The second kappa shape index (κ2) is 8.53. The Morgan fingerprint density at radius 3 is 2.64 bits per heavy atom. The Hall–Kier alpha value is -2.71. The number of anilines is 1. The zero-order valence-electron chi connectivity index (χ0n) is 15.5. The van der Waals surface area contributed by atoms with E-state index in [4.69, 9.17) is 4.74 Å². The molecule has 2 heterocycles. The fourth-order valence-electron chi connectivity index (χ4n) is 2.66. The lowest BCUT2D eigenvalue weighted by Gasteiger charge is -2.05. The highest BCUT2D eigenvalue weighted by molar-refractivity contribution is 7.91. The maximum absolute atomic E-state index is 12.3. The number of amides is 1. The molecule has 146 valence electrons. The van der Waals surface area contributed by atoms with E-state index in [1.807, 2.05) is 23.6 Å². The zero-order valence-corrected chi connectivity index (χ0v) is 17.1. The molecule has 2 aromatic heterocycles. The van der Waals surface area contributed by atoms with Crippen LogP contribution in [0.2, 0.25) is 0 Å². The van der Waals surface area contributed by atoms with Crippen molar-refractivity contribution in [2.45, 2.75) is 18.2 Å². The first-order valence-corrected chi connectivity index (χ1v) is 11.2. The van der Waals surface area contributed by atoms with Crippen LogP contribution in [0.25, 0.3) is 11.1 Å². The molecule has 0 aliphatic heterocycles. The molecule has 0 fully saturated rings. The van der Waals surface area contributed by atoms with Gasteiger partial charge in [-0.2, -0.15) is 0 Å². The summed E-state index contributed by atoms with van der Waals surface area (Å²) in [6, 6.07) is 12.0. The summed E-state index contributed by atoms with van der Waals surface area (Å²) in [4.78, 5) is 16.8. The lowest BCUT2D eigenvalue weighted by molar-refractivity contribution is -0.115. The summed E-state index contributed by atoms with van der Waals surface area (Å²) in [7, 11) is -1.67. The molecule has 0 saturated carbocycles. The molecule has 0 unspecified atom stereocenters. The molecular formula is C20H20N2O4S2. The molecule has 1 aromatic carbocycles. The molecule has 3 aromatic rings. The van der Waals surface area contributed by atoms with Gasteiger partial charge in [-0.1, -0.05) is 19.1 Å². The first-order valence-electron chi connectivity index (χ1n) is 8.62. The summed E-state index contributed by atoms with van der Waals surface area (Å²) in [5.41, 5.74) is 2.52. The van der Waals surface area contributed by atoms with Gasteiger partial charge in [-0.05, 0) is 41.5 Å². The normalized spacial score (nSPS) is 11.2. The number of rotatable bonds is 7. The van der Waals surface area contributed by atoms with Gasteiger partial charge in [-0.25, -0.2) is 13.4 Å². The summed E-state index contributed by atoms with van der Waals surface area (Å²) >= 11 is 1.42. The highest BCUT2D eigenvalue weighted by Crippen LogP contribution is 2.33. The summed E-state index contributed by atoms with van der Waals surface area (Å²) in [6.07, 6.45) is 1.82. The van der Waals surface area contributed by atoms with Crippen molar-refractivity contribution in [3.63, 3.8) is 0 Å². The van der Waals surface area contributed by atoms with Gasteiger partial charge in [0.2, 0.25) is 11.8 Å². The number of nitrogens with zero attached hydrogens (tertiary/aromatic N) is 1. The van der Waals surface area contributed by atoms with Gasteiger partial charge in [-0.15, -0.1) is 11.3 Å². The van der Waals surface area contributed by atoms with Gasteiger partial charge in [-0.3, -0.25) is 4.79 Å². The summed E-state index contributed by atoms with van der Waals surface area (Å²) in [5.74, 6) is 0.410. The van der Waals surface area contributed by atoms with Crippen LogP contribution in [0.3, 0.4) is 0 Å². The van der Waals surface area contributed by atoms with E-state index in [2.05, 4.69) is 10.3 Å². The van der Waals surface area contributed by atoms with Crippen molar-refractivity contribution in [1.82, 2.24) is 4.98 Å². The maximum atomic E-state index is 12.3. The Bertz CT molecular complexity index is 1070. The second-order valence-electron chi connectivity index (χ2n) is 6.03. The van der Waals surface area contributed by atoms with Gasteiger partial charge in [0.05, 0.1) is 29.2 Å². The van der Waals surface area contributed by atoms with E-state index >= 15 is 0 Å². The van der Waals surface area contributed by atoms with Crippen LogP contribution in [-0.4, -0.2) is 32.2 Å². The van der Waals surface area contributed by atoms with Crippen LogP contribution >= 0.6 is 11.3 Å². The maximum Gasteiger partial charge on any atom is 0.229 e. The van der Waals surface area contributed by atoms with Crippen molar-refractivity contribution in [3.8, 4) is 17.0 Å². The molecule has 0 aliphatic rings. The van der Waals surface area contributed by atoms with E-state index in [1.54, 1.807) is 44.5 Å². The molecule has 0 saturated heterocycles. The van der Waals surface area contributed by atoms with E-state index in [9.17, 15) is 13.2 Å². The molecular weight excluding hydrogens is 396 g/mol. The fraction of sp³-hybridized carbons (Fsp3) is 0.200. The van der Waals surface area contributed by atoms with Crippen molar-refractivity contribution in [3.05, 3.63) is 59.6 Å². The van der Waals surface area contributed by atoms with Crippen LogP contribution in [0.15, 0.2) is 58.9 Å². The number of benzene rings is 1. The van der Waals surface area contributed by atoms with E-state index in [1.165, 1.54) is 11.3 Å². The molecule has 0 spiro atoms. The Labute approximate surface area is 168 Å². The van der Waals surface area contributed by atoms with E-state index in [0.717, 1.165) is 21.7 Å². The van der Waals surface area contributed by atoms with Gasteiger partial charge in [0.25, 0.3) is 0 Å². The standard InChI is InChI=1S/C20H20N2O4S2/c1-3-28(24,25)16-8-6-14(7-9-16)11-18(23)22-19-12-15(13-27-19)17-5-4-10-21-20(17)26-2/h4-10,12-13H,3,11H2,1-2H3,(H,22,23). The first kappa shape index (κ1) is 20.0. The smallest absolute Gasteiger partial charge is 0.229 e. The third-order valence-electron chi connectivity index (χ3n) is 4.16. The largest absolute Gasteiger partial charge is 0.481 e. The average Bonchev–Trinajstić information content (AvgIpc) is 3.16. The number of nitrogens with one attached hydrogen (secondary N) is 1. The van der Waals surface area contributed by atoms with Crippen molar-refractivity contribution >= 4 is 32.1 Å². The molecule has 1 amide bonds. The predicted molar refractivity (Wildman–Crippen MR) is 111 cm³/mol. The number of hydrogen-bond acceptors (Lipinski definition) is 6. The molecule has 3 rings (SSSR count). The summed E-state index contributed by atoms with van der Waals surface area (Å²) in [5, 5.41) is 5.52. The van der Waals surface area contributed by atoms with Crippen molar-refractivity contribution in [2.75, 3.05) is 18.2 Å². The number of sulfone groups is 1. The molecule has 28 heavy (non-hydrogen) atoms. The Morgan fingerprint density at radius 1 is 1.21 bits per heavy atom. The van der Waals surface area contributed by atoms with Gasteiger partial charge in [0, 0.05) is 17.1 Å². The lowest BCUT2D eigenvalue weighted by atomic mass is 10.1. The number of carbonyl (C=O) groups excluding carboxylic acids is 1. The Morgan fingerprint density at radius 2 is 1.96 bits per heavy atom. The monoisotopic (exact) mass is 416 g/mol. The zero-order chi connectivity index (χ0) is 20.1. The van der Waals surface area contributed by atoms with E-state index < -0.39 is 9.84 Å². The van der Waals surface area contributed by atoms with Crippen LogP contribution in [0.4, 0.5) is 5.00 Å². The van der Waals surface area contributed by atoms with Crippen LogP contribution < -0.4 is 10.1 Å². The minimum atomic E-state index is -3.24. The number of methoxy groups -OCH3 is 1. The molecule has 1 N–H and O–H groups in total. The predicted octanol–water partition coefficient (Wildman–Crippen LogP) is 3.79. The quantitative estimate of drug-likeness (QED) is 0.633. The molecule has 0 atom stereocenters. The molecule has 0 bridgehead atoms. The third kappa shape index (κ3) is 4.58. The summed E-state index contributed by atoms with van der Waals surface area (Å²) in [6.45, 7) is 1.60. The number of ether oxygens (including phenoxy) is 1. The number of hydrogen-bond donors (Lipinski definition) is 1. The molecule has 0 radical (unpaired) electrons. The first-order chi connectivity index (χ1) is 13.4. The SMILES string of the molecule is CCS(=O)(=O)c1ccc(CC(=O)Nc2cc(-c3cccnc3OC)cs2)cc1. The van der Waals surface area contributed by atoms with Crippen LogP contribution in [0.1, 0.15) is 12.5 Å². The minimum absolute atomic E-state index is 0.0509. The number of thiophene rings is 1. The topological polar surface area (TPSA) is 85.4 Å². The minimum Gasteiger partial charge on any atom is -0.481 e. The van der Waals surface area contributed by atoms with Crippen molar-refractivity contribution in [1.29, 1.82) is 0 Å². The summed E-state index contributed by atoms with van der Waals surface area (Å²) < 4.78 is 29.0. The Balaban J connectivity index is 1.67. The van der Waals surface area contributed by atoms with Crippen molar-refractivity contribution in [2.24, 2.45) is 0 Å². The lowest BCUT2D eigenvalue weighted by Crippen LogP contribution is -2.13. The highest BCUT2D eigenvalue weighted by atomic mass is 32.2. The number of aromatic nitrogens is 1. The van der Waals surface area contributed by atoms with Gasteiger partial charge in [0.15, 0.2) is 9.84 Å². The Kier molecular flexibility index (Phi) is 6.11. The van der Waals surface area contributed by atoms with E-state index in [0.29, 0.717) is 5.88 Å². The number of carbonyl (C=O) groups is 1. The van der Waals surface area contributed by atoms with Gasteiger partial charge < -0.3 is 10.1 Å². The van der Waals surface area contributed by atoms with Crippen LogP contribution in [0, 0.1) is 0 Å². The van der Waals surface area contributed by atoms with E-state index in [-0.39, 0.29) is 23.0 Å². The molecule has 0 aliphatic carbocycles. The molecule has 8 heteroatoms. The average molecular weight is 417 g/mol. The van der Waals surface area contributed by atoms with Crippen LogP contribution in [-0.2, 0) is 21.1 Å². The second-order valence-corrected chi connectivity index (χ2v) is 9.22. The van der Waals surface area contributed by atoms with Gasteiger partial charge >= 0.3 is 0 Å². The fourth-order valence-corrected chi connectivity index (χ4v) is 4.37.